The lowest BCUT2D eigenvalue weighted by molar-refractivity contribution is -0.159. The van der Waals surface area contributed by atoms with Crippen molar-refractivity contribution in [2.75, 3.05) is 0 Å². The number of carbonyl (C=O) groups is 4. The Morgan fingerprint density at radius 3 is 0.733 bits per heavy atom. The summed E-state index contributed by atoms with van der Waals surface area (Å²) in [4.78, 5) is 36.4. The van der Waals surface area contributed by atoms with Crippen molar-refractivity contribution in [2.24, 2.45) is 0 Å². The van der Waals surface area contributed by atoms with E-state index in [1.807, 2.05) is 0 Å². The summed E-state index contributed by atoms with van der Waals surface area (Å²) in [5.41, 5.74) is 0. The molecule has 8 nitrogen and oxygen atoms in total. The highest BCUT2D eigenvalue weighted by atomic mass is 16.4. The van der Waals surface area contributed by atoms with E-state index in [-0.39, 0.29) is 0 Å². The van der Waals surface area contributed by atoms with E-state index in [1.54, 1.807) is 0 Å². The average molecular weight is 224 g/mol. The van der Waals surface area contributed by atoms with Gasteiger partial charge in [0.1, 0.15) is 0 Å². The van der Waals surface area contributed by atoms with Crippen LogP contribution in [-0.2, 0) is 19.2 Å². The van der Waals surface area contributed by atoms with Crippen LogP contribution in [0.1, 0.15) is 20.3 Å². The highest BCUT2D eigenvalue weighted by Crippen LogP contribution is 1.57. The third-order valence-corrected chi connectivity index (χ3v) is 0.366. The maximum Gasteiger partial charge on any atom is 0.414 e. The van der Waals surface area contributed by atoms with Crippen molar-refractivity contribution in [1.82, 2.24) is 0 Å². The second-order valence-corrected chi connectivity index (χ2v) is 1.93. The molecule has 0 aliphatic heterocycles. The zero-order valence-electron chi connectivity index (χ0n) is 8.13. The van der Waals surface area contributed by atoms with Crippen LogP contribution in [0.2, 0.25) is 0 Å². The normalized spacial score (nSPS) is 7.07. The predicted molar refractivity (Wildman–Crippen MR) is 46.5 cm³/mol. The molecule has 0 atom stereocenters. The topological polar surface area (TPSA) is 149 Å². The average Bonchev–Trinajstić information content (AvgIpc) is 2.06. The lowest BCUT2D eigenvalue weighted by Gasteiger charge is -1.72. The van der Waals surface area contributed by atoms with Gasteiger partial charge in [0.2, 0.25) is 0 Å². The van der Waals surface area contributed by atoms with Gasteiger partial charge in [-0.25, -0.2) is 19.2 Å². The molecule has 0 rings (SSSR count). The largest absolute Gasteiger partial charge is 0.473 e. The van der Waals surface area contributed by atoms with Gasteiger partial charge in [0.05, 0.1) is 0 Å². The molecule has 0 aromatic heterocycles. The standard InChI is InChI=1S/C3H8.2C2H2O4/c1-3-2;2*3-1(4)2(5)6/h3H2,1-2H3;2*(H,3,4)(H,5,6). The van der Waals surface area contributed by atoms with E-state index in [4.69, 9.17) is 39.6 Å². The van der Waals surface area contributed by atoms with E-state index < -0.39 is 23.9 Å². The van der Waals surface area contributed by atoms with Crippen LogP contribution in [0, 0.1) is 0 Å². The third-order valence-electron chi connectivity index (χ3n) is 0.366. The molecule has 0 bridgehead atoms. The number of rotatable bonds is 0. The maximum absolute atomic E-state index is 9.10. The van der Waals surface area contributed by atoms with E-state index in [2.05, 4.69) is 13.8 Å². The van der Waals surface area contributed by atoms with Crippen LogP contribution in [0.25, 0.3) is 0 Å². The Morgan fingerprint density at radius 1 is 0.667 bits per heavy atom. The number of carboxylic acids is 4. The minimum Gasteiger partial charge on any atom is -0.473 e. The smallest absolute Gasteiger partial charge is 0.414 e. The first-order valence-electron chi connectivity index (χ1n) is 3.63. The molecule has 4 N–H and O–H groups in total. The highest BCUT2D eigenvalue weighted by molar-refractivity contribution is 6.27. The van der Waals surface area contributed by atoms with Gasteiger partial charge in [-0.3, -0.25) is 0 Å². The van der Waals surface area contributed by atoms with Crippen molar-refractivity contribution in [3.8, 4) is 0 Å². The van der Waals surface area contributed by atoms with E-state index in [0.717, 1.165) is 0 Å². The van der Waals surface area contributed by atoms with Crippen molar-refractivity contribution in [1.29, 1.82) is 0 Å². The van der Waals surface area contributed by atoms with Crippen LogP contribution < -0.4 is 0 Å². The van der Waals surface area contributed by atoms with Crippen molar-refractivity contribution in [3.05, 3.63) is 0 Å². The van der Waals surface area contributed by atoms with E-state index in [0.29, 0.717) is 0 Å². The summed E-state index contributed by atoms with van der Waals surface area (Å²) in [6, 6.07) is 0. The first-order chi connectivity index (χ1) is 6.70. The van der Waals surface area contributed by atoms with Crippen molar-refractivity contribution in [2.45, 2.75) is 20.3 Å². The van der Waals surface area contributed by atoms with E-state index in [1.165, 1.54) is 6.42 Å². The second-order valence-electron chi connectivity index (χ2n) is 1.93. The summed E-state index contributed by atoms with van der Waals surface area (Å²) in [6.07, 6.45) is 1.25. The summed E-state index contributed by atoms with van der Waals surface area (Å²) in [5.74, 6) is -7.30. The quantitative estimate of drug-likeness (QED) is 0.410. The van der Waals surface area contributed by atoms with Crippen molar-refractivity contribution < 1.29 is 39.6 Å². The summed E-state index contributed by atoms with van der Waals surface area (Å²) < 4.78 is 0. The van der Waals surface area contributed by atoms with Crippen LogP contribution >= 0.6 is 0 Å². The van der Waals surface area contributed by atoms with E-state index >= 15 is 0 Å². The van der Waals surface area contributed by atoms with Crippen LogP contribution in [0.4, 0.5) is 0 Å². The maximum atomic E-state index is 9.10. The van der Waals surface area contributed by atoms with Gasteiger partial charge in [0.15, 0.2) is 0 Å². The molecular formula is C7H12O8. The van der Waals surface area contributed by atoms with Gasteiger partial charge in [-0.1, -0.05) is 20.3 Å². The molecule has 8 heteroatoms. The van der Waals surface area contributed by atoms with Gasteiger partial charge >= 0.3 is 23.9 Å². The van der Waals surface area contributed by atoms with Crippen LogP contribution in [-0.4, -0.2) is 44.3 Å². The zero-order chi connectivity index (χ0) is 13.0. The molecule has 15 heavy (non-hydrogen) atoms. The Balaban J connectivity index is -0.000000153. The molecule has 88 valence electrons. The lowest BCUT2D eigenvalue weighted by Crippen LogP contribution is -2.09. The first kappa shape index (κ1) is 18.6. The summed E-state index contributed by atoms with van der Waals surface area (Å²) in [6.45, 7) is 4.25. The first-order valence-corrected chi connectivity index (χ1v) is 3.63. The molecule has 0 aliphatic carbocycles. The minimum absolute atomic E-state index is 1.25. The van der Waals surface area contributed by atoms with Gasteiger partial charge < -0.3 is 20.4 Å². The van der Waals surface area contributed by atoms with E-state index in [9.17, 15) is 0 Å². The fourth-order valence-electron chi connectivity index (χ4n) is 0. The Bertz CT molecular complexity index is 183. The predicted octanol–water partition coefficient (Wildman–Crippen LogP) is -0.273. The molecule has 0 fully saturated rings. The molecule has 0 saturated heterocycles. The Hall–Kier alpha value is -2.12. The molecule has 0 saturated carbocycles. The summed E-state index contributed by atoms with van der Waals surface area (Å²) in [7, 11) is 0. The van der Waals surface area contributed by atoms with Gasteiger partial charge in [-0.05, 0) is 0 Å². The molecule has 0 aromatic rings. The highest BCUT2D eigenvalue weighted by Gasteiger charge is 2.04. The molecule has 0 radical (unpaired) electrons. The van der Waals surface area contributed by atoms with Crippen molar-refractivity contribution in [3.63, 3.8) is 0 Å². The molecule has 0 heterocycles. The van der Waals surface area contributed by atoms with Gasteiger partial charge in [0.25, 0.3) is 0 Å². The molecule has 0 aliphatic rings. The SMILES string of the molecule is CCC.O=C(O)C(=O)O.O=C(O)C(=O)O. The fourth-order valence-corrected chi connectivity index (χ4v) is 0. The van der Waals surface area contributed by atoms with Gasteiger partial charge in [-0.2, -0.15) is 0 Å². The van der Waals surface area contributed by atoms with Crippen molar-refractivity contribution >= 4 is 23.9 Å². The Labute approximate surface area is 84.8 Å². The summed E-state index contributed by atoms with van der Waals surface area (Å²) in [5, 5.41) is 29.6. The molecule has 0 amide bonds. The molecule has 0 spiro atoms. The van der Waals surface area contributed by atoms with Crippen LogP contribution in [0.15, 0.2) is 0 Å². The van der Waals surface area contributed by atoms with Crippen LogP contribution in [0.3, 0.4) is 0 Å². The van der Waals surface area contributed by atoms with Crippen LogP contribution in [0.5, 0.6) is 0 Å². The Kier molecular flexibility index (Phi) is 14.7. The van der Waals surface area contributed by atoms with Gasteiger partial charge in [-0.15, -0.1) is 0 Å². The molecular weight excluding hydrogens is 212 g/mol. The Morgan fingerprint density at radius 2 is 0.733 bits per heavy atom. The summed E-state index contributed by atoms with van der Waals surface area (Å²) >= 11 is 0. The van der Waals surface area contributed by atoms with Gasteiger partial charge in [0, 0.05) is 0 Å². The molecule has 0 aromatic carbocycles. The number of hydrogen-bond acceptors (Lipinski definition) is 4. The lowest BCUT2D eigenvalue weighted by atomic mass is 10.6. The number of aliphatic carboxylic acids is 4. The number of hydrogen-bond donors (Lipinski definition) is 4. The zero-order valence-corrected chi connectivity index (χ0v) is 8.13. The fraction of sp³-hybridized carbons (Fsp3) is 0.429. The minimum atomic E-state index is -1.82. The third kappa shape index (κ3) is 33.5. The number of carboxylic acid groups (broad SMARTS) is 4. The second kappa shape index (κ2) is 11.9. The monoisotopic (exact) mass is 224 g/mol. The molecule has 0 unspecified atom stereocenters.